The fourth-order valence-corrected chi connectivity index (χ4v) is 8.56. The Labute approximate surface area is 379 Å². The summed E-state index contributed by atoms with van der Waals surface area (Å²) in [5.74, 6) is -1.25. The smallest absolute Gasteiger partial charge is 0.410 e. The van der Waals surface area contributed by atoms with Gasteiger partial charge < -0.3 is 14.5 Å². The molecule has 0 aliphatic carbocycles. The number of hydrogen-bond acceptors (Lipinski definition) is 13. The first-order valence-electron chi connectivity index (χ1n) is 19.8. The zero-order valence-electron chi connectivity index (χ0n) is 36.2. The van der Waals surface area contributed by atoms with Gasteiger partial charge in [0.1, 0.15) is 11.4 Å². The van der Waals surface area contributed by atoms with Gasteiger partial charge in [-0.25, -0.2) is 42.3 Å². The second kappa shape index (κ2) is 18.9. The van der Waals surface area contributed by atoms with Crippen molar-refractivity contribution in [1.82, 2.24) is 43.9 Å². The monoisotopic (exact) mass is 942 g/mol. The Balaban J connectivity index is 0.000000228. The Morgan fingerprint density at radius 3 is 1.83 bits per heavy atom. The molecular weight excluding hydrogens is 898 g/mol. The molecule has 7 heterocycles. The van der Waals surface area contributed by atoms with E-state index in [9.17, 15) is 28.0 Å². The van der Waals surface area contributed by atoms with E-state index >= 15 is 0 Å². The first-order chi connectivity index (χ1) is 29.7. The van der Waals surface area contributed by atoms with E-state index in [1.807, 2.05) is 78.9 Å². The largest absolute Gasteiger partial charge is 0.444 e. The molecule has 21 heteroatoms. The van der Waals surface area contributed by atoms with Crippen molar-refractivity contribution in [1.29, 1.82) is 0 Å². The van der Waals surface area contributed by atoms with Gasteiger partial charge in [0.25, 0.3) is 5.56 Å². The van der Waals surface area contributed by atoms with Gasteiger partial charge in [0, 0.05) is 47.9 Å². The molecular formula is C42H46Cl2F2N10O5S2. The lowest BCUT2D eigenvalue weighted by Crippen LogP contribution is -2.55. The maximum absolute atomic E-state index is 14.8. The van der Waals surface area contributed by atoms with Gasteiger partial charge in [-0.1, -0.05) is 50.9 Å². The van der Waals surface area contributed by atoms with Gasteiger partial charge in [0.15, 0.2) is 33.2 Å². The zero-order chi connectivity index (χ0) is 46.2. The molecule has 1 N–H and O–H groups in total. The van der Waals surface area contributed by atoms with Gasteiger partial charge in [0.2, 0.25) is 0 Å². The average molecular weight is 944 g/mol. The number of carbonyl (C=O) groups is 1. The van der Waals surface area contributed by atoms with Crippen LogP contribution in [0.5, 0.6) is 0 Å². The zero-order valence-corrected chi connectivity index (χ0v) is 39.4. The molecule has 15 nitrogen and oxygen atoms in total. The van der Waals surface area contributed by atoms with Crippen LogP contribution in [0.15, 0.2) is 60.8 Å². The van der Waals surface area contributed by atoms with Crippen molar-refractivity contribution in [2.24, 2.45) is 0 Å². The molecule has 0 bridgehead atoms. The van der Waals surface area contributed by atoms with Crippen molar-refractivity contribution < 1.29 is 18.3 Å². The third kappa shape index (κ3) is 9.71. The van der Waals surface area contributed by atoms with Crippen molar-refractivity contribution in [3.05, 3.63) is 101 Å². The van der Waals surface area contributed by atoms with Gasteiger partial charge >= 0.3 is 17.5 Å². The molecule has 1 saturated heterocycles. The highest BCUT2D eigenvalue weighted by Gasteiger charge is 2.33. The number of anilines is 1. The van der Waals surface area contributed by atoms with Gasteiger partial charge in [-0.15, -0.1) is 23.5 Å². The molecule has 0 radical (unpaired) electrons. The highest BCUT2D eigenvalue weighted by molar-refractivity contribution is 7.99. The molecule has 7 rings (SSSR count). The van der Waals surface area contributed by atoms with E-state index in [-0.39, 0.29) is 39.7 Å². The van der Waals surface area contributed by atoms with Gasteiger partial charge in [-0.2, -0.15) is 4.98 Å². The summed E-state index contributed by atoms with van der Waals surface area (Å²) >= 11 is 14.8. The number of nitrogens with one attached hydrogen (secondary N) is 1. The maximum atomic E-state index is 14.8. The summed E-state index contributed by atoms with van der Waals surface area (Å²) < 4.78 is 36.7. The minimum absolute atomic E-state index is 0.00407. The number of halogens is 4. The van der Waals surface area contributed by atoms with Crippen LogP contribution in [0.3, 0.4) is 0 Å². The summed E-state index contributed by atoms with van der Waals surface area (Å²) in [4.78, 5) is 79.9. The number of ether oxygens (including phenoxy) is 1. The normalized spacial score (nSPS) is 14.4. The van der Waals surface area contributed by atoms with E-state index in [0.717, 1.165) is 15.9 Å². The molecule has 0 aromatic carbocycles. The molecule has 334 valence electrons. The number of pyridine rings is 4. The first-order valence-corrected chi connectivity index (χ1v) is 23.0. The van der Waals surface area contributed by atoms with Crippen molar-refractivity contribution in [3.8, 4) is 11.4 Å². The third-order valence-corrected chi connectivity index (χ3v) is 12.0. The predicted octanol–water partition coefficient (Wildman–Crippen LogP) is 8.37. The summed E-state index contributed by atoms with van der Waals surface area (Å²) in [6.45, 7) is 16.3. The number of carbonyl (C=O) groups excluding carboxylic acids is 1. The molecule has 0 saturated carbocycles. The standard InChI is InChI=1S/C26H32ClFN6O3S.C16H14ClFN4O2S/c1-14(2)19-20(18(38-7)8-9-29-19)34-23-16(12-17(28)21(27)30-23)22(31-24(34)35)33-11-10-32(13-15(33)3)25(36)37-26(4,5)6;1-7(2)11-12(10(25-3)4-5-19-11)22-14-8(15(23)21-16(22)24)6-9(18)13(17)20-14/h8-9,12,14-15H,10-11,13H2,1-7H3;4-7H,1-3H3,(H,21,23,24)/t15-;/m0./s1. The molecule has 6 aromatic rings. The molecule has 1 fully saturated rings. The van der Waals surface area contributed by atoms with Crippen molar-refractivity contribution in [2.45, 2.75) is 88.7 Å². The lowest BCUT2D eigenvalue weighted by molar-refractivity contribution is 0.0218. The number of amides is 1. The van der Waals surface area contributed by atoms with Crippen molar-refractivity contribution in [2.75, 3.05) is 37.0 Å². The topological polar surface area (TPSA) is 174 Å². The number of rotatable bonds is 7. The Morgan fingerprint density at radius 2 is 1.33 bits per heavy atom. The summed E-state index contributed by atoms with van der Waals surface area (Å²) in [5.41, 5.74) is 0.00417. The lowest BCUT2D eigenvalue weighted by atomic mass is 10.1. The molecule has 1 amide bonds. The molecule has 1 aliphatic rings. The van der Waals surface area contributed by atoms with Crippen LogP contribution < -0.4 is 21.8 Å². The number of thioether (sulfide) groups is 2. The summed E-state index contributed by atoms with van der Waals surface area (Å²) in [6.07, 6.45) is 6.72. The van der Waals surface area contributed by atoms with Crippen LogP contribution >= 0.6 is 46.7 Å². The molecule has 0 spiro atoms. The number of H-pyrrole nitrogens is 1. The number of aromatic nitrogens is 8. The van der Waals surface area contributed by atoms with Crippen molar-refractivity contribution in [3.63, 3.8) is 0 Å². The second-order valence-electron chi connectivity index (χ2n) is 16.2. The number of hydrogen-bond donors (Lipinski definition) is 1. The fraction of sp³-hybridized carbons (Fsp3) is 0.405. The van der Waals surface area contributed by atoms with Crippen LogP contribution in [0.2, 0.25) is 10.3 Å². The van der Waals surface area contributed by atoms with Crippen LogP contribution in [0, 0.1) is 11.6 Å². The number of aromatic amines is 1. The van der Waals surface area contributed by atoms with E-state index in [1.165, 1.54) is 38.7 Å². The van der Waals surface area contributed by atoms with Gasteiger partial charge in [-0.05, 0) is 76.3 Å². The van der Waals surface area contributed by atoms with Crippen LogP contribution in [0.4, 0.5) is 19.4 Å². The van der Waals surface area contributed by atoms with E-state index in [0.29, 0.717) is 53.6 Å². The molecule has 1 aliphatic heterocycles. The molecule has 1 atom stereocenters. The number of nitrogens with zero attached hydrogens (tertiary/aromatic N) is 9. The van der Waals surface area contributed by atoms with E-state index in [1.54, 1.807) is 23.4 Å². The van der Waals surface area contributed by atoms with Crippen LogP contribution in [0.1, 0.15) is 78.6 Å². The number of fused-ring (bicyclic) bond motifs is 2. The SMILES string of the molecule is CSc1ccnc(C(C)C)c1-n1c(=O)[nH]c(=O)c2cc(F)c(Cl)nc21.CSc1ccnc(C(C)C)c1-n1c(=O)nc(N2CCN(C(=O)OC(C)(C)C)C[C@@H]2C)c2cc(F)c(Cl)nc21. The maximum Gasteiger partial charge on any atom is 0.410 e. The van der Waals surface area contributed by atoms with E-state index in [2.05, 4.69) is 29.9 Å². The van der Waals surface area contributed by atoms with Crippen molar-refractivity contribution >= 4 is 80.7 Å². The van der Waals surface area contributed by atoms with Crippen LogP contribution in [0.25, 0.3) is 33.4 Å². The van der Waals surface area contributed by atoms with E-state index in [4.69, 9.17) is 27.9 Å². The average Bonchev–Trinajstić information content (AvgIpc) is 3.21. The summed E-state index contributed by atoms with van der Waals surface area (Å²) in [7, 11) is 0. The quantitative estimate of drug-likeness (QED) is 0.120. The van der Waals surface area contributed by atoms with E-state index < -0.39 is 45.4 Å². The Morgan fingerprint density at radius 1 is 0.825 bits per heavy atom. The summed E-state index contributed by atoms with van der Waals surface area (Å²) in [6, 6.07) is 5.60. The lowest BCUT2D eigenvalue weighted by Gasteiger charge is -2.41. The molecule has 63 heavy (non-hydrogen) atoms. The van der Waals surface area contributed by atoms with Crippen LogP contribution in [-0.2, 0) is 4.74 Å². The first kappa shape index (κ1) is 47.4. The summed E-state index contributed by atoms with van der Waals surface area (Å²) in [5, 5.41) is -0.472. The predicted molar refractivity (Wildman–Crippen MR) is 245 cm³/mol. The molecule has 0 unspecified atom stereocenters. The minimum atomic E-state index is -0.828. The van der Waals surface area contributed by atoms with Gasteiger partial charge in [0.05, 0.1) is 33.5 Å². The van der Waals surface area contributed by atoms with Gasteiger partial charge in [-0.3, -0.25) is 19.7 Å². The third-order valence-electron chi connectivity index (χ3n) is 9.91. The number of piperazine rings is 1. The highest BCUT2D eigenvalue weighted by atomic mass is 35.5. The Kier molecular flexibility index (Phi) is 14.2. The van der Waals surface area contributed by atoms with Crippen LogP contribution in [-0.4, -0.2) is 93.8 Å². The fourth-order valence-electron chi connectivity index (χ4n) is 7.11. The minimum Gasteiger partial charge on any atom is -0.444 e. The second-order valence-corrected chi connectivity index (χ2v) is 18.6. The Bertz CT molecular complexity index is 2920. The highest BCUT2D eigenvalue weighted by Crippen LogP contribution is 2.35. The molecule has 6 aromatic heterocycles. The Hall–Kier alpha value is -5.11.